The van der Waals surface area contributed by atoms with E-state index in [0.29, 0.717) is 12.0 Å². The van der Waals surface area contributed by atoms with E-state index in [-0.39, 0.29) is 29.1 Å². The Morgan fingerprint density at radius 1 is 1.10 bits per heavy atom. The Morgan fingerprint density at radius 2 is 1.90 bits per heavy atom. The first-order chi connectivity index (χ1) is 14.6. The number of likely N-dealkylation sites (N-methyl/N-ethyl adjacent to an activating group) is 1. The van der Waals surface area contributed by atoms with Crippen LogP contribution in [0.3, 0.4) is 0 Å². The first-order valence-electron chi connectivity index (χ1n) is 11.3. The minimum Gasteiger partial charge on any atom is -0.504 e. The second-order valence-electron chi connectivity index (χ2n) is 9.72. The Kier molecular flexibility index (Phi) is 4.08. The smallest absolute Gasteiger partial charge is 0.165 e. The molecular weight excluding hydrogens is 379 g/mol. The zero-order valence-electron chi connectivity index (χ0n) is 17.4. The molecular formula is C25H29FN2O2. The van der Waals surface area contributed by atoms with Crippen LogP contribution in [0.5, 0.6) is 11.5 Å². The minimum absolute atomic E-state index is 0.0218. The fourth-order valence-electron chi connectivity index (χ4n) is 6.90. The highest BCUT2D eigenvalue weighted by Crippen LogP contribution is 2.61. The van der Waals surface area contributed by atoms with Gasteiger partial charge in [0.15, 0.2) is 11.5 Å². The largest absolute Gasteiger partial charge is 0.504 e. The molecule has 0 radical (unpaired) electrons. The number of rotatable bonds is 2. The zero-order chi connectivity index (χ0) is 20.5. The number of hydrogen-bond donors (Lipinski definition) is 2. The Hall–Kier alpha value is -2.27. The molecule has 7 rings (SSSR count). The third-order valence-electron chi connectivity index (χ3n) is 8.36. The normalized spacial score (nSPS) is 34.5. The predicted molar refractivity (Wildman–Crippen MR) is 115 cm³/mol. The Balaban J connectivity index is 1.48. The molecule has 5 aliphatic rings. The highest BCUT2D eigenvalue weighted by Gasteiger charge is 2.61. The number of anilines is 1. The molecule has 3 heterocycles. The van der Waals surface area contributed by atoms with Crippen molar-refractivity contribution in [3.05, 3.63) is 53.3 Å². The van der Waals surface area contributed by atoms with Gasteiger partial charge in [0.25, 0.3) is 0 Å². The lowest BCUT2D eigenvalue weighted by molar-refractivity contribution is 0.00533. The monoisotopic (exact) mass is 408 g/mol. The molecule has 2 aromatic carbocycles. The second-order valence-corrected chi connectivity index (χ2v) is 9.72. The molecule has 2 bridgehead atoms. The average Bonchev–Trinajstić information content (AvgIpc) is 3.08. The van der Waals surface area contributed by atoms with Crippen LogP contribution in [0.15, 0.2) is 36.4 Å². The zero-order valence-corrected chi connectivity index (χ0v) is 17.4. The number of phenolic OH excluding ortho intramolecular Hbond substituents is 1. The molecule has 158 valence electrons. The molecule has 0 aromatic heterocycles. The van der Waals surface area contributed by atoms with Crippen LogP contribution in [0.1, 0.15) is 43.2 Å². The molecule has 5 atom stereocenters. The second kappa shape index (κ2) is 6.61. The van der Waals surface area contributed by atoms with E-state index in [0.717, 1.165) is 43.7 Å². The lowest BCUT2D eigenvalue weighted by Gasteiger charge is -2.53. The van der Waals surface area contributed by atoms with Crippen LogP contribution in [0.2, 0.25) is 0 Å². The first-order valence-corrected chi connectivity index (χ1v) is 11.3. The number of benzene rings is 2. The van der Waals surface area contributed by atoms with Gasteiger partial charge in [-0.25, -0.2) is 4.39 Å². The standard InChI is InChI=1S/C25H29FN2O2/c1-28-13-12-25-16-3-9-19(28)14-15-2-11-21(29)23(22(15)25)30-24(25)20(10-4-16)27-18-7-5-17(26)6-8-18/h2,5-8,11,16,19-20,24,27,29H,3-4,9-10,12-14H2,1H3/t16-,19-,20+,24-,25-/m0/s1. The summed E-state index contributed by atoms with van der Waals surface area (Å²) in [5.41, 5.74) is 3.50. The number of hydrogen-bond acceptors (Lipinski definition) is 4. The van der Waals surface area contributed by atoms with Crippen LogP contribution < -0.4 is 10.1 Å². The van der Waals surface area contributed by atoms with Crippen molar-refractivity contribution in [1.29, 1.82) is 0 Å². The summed E-state index contributed by atoms with van der Waals surface area (Å²) < 4.78 is 20.1. The molecule has 1 saturated carbocycles. The van der Waals surface area contributed by atoms with Crippen LogP contribution in [-0.2, 0) is 11.8 Å². The Labute approximate surface area is 177 Å². The van der Waals surface area contributed by atoms with E-state index in [1.54, 1.807) is 12.1 Å². The highest BCUT2D eigenvalue weighted by molar-refractivity contribution is 5.60. The number of nitrogens with zero attached hydrogens (tertiary/aromatic N) is 1. The molecule has 0 unspecified atom stereocenters. The fraction of sp³-hybridized carbons (Fsp3) is 0.520. The van der Waals surface area contributed by atoms with E-state index in [1.165, 1.54) is 36.1 Å². The predicted octanol–water partition coefficient (Wildman–Crippen LogP) is 4.46. The molecule has 2 aliphatic carbocycles. The summed E-state index contributed by atoms with van der Waals surface area (Å²) in [7, 11) is 2.26. The topological polar surface area (TPSA) is 44.7 Å². The maximum absolute atomic E-state index is 13.4. The van der Waals surface area contributed by atoms with E-state index >= 15 is 0 Å². The van der Waals surface area contributed by atoms with Crippen LogP contribution in [-0.4, -0.2) is 41.8 Å². The molecule has 2 N–H and O–H groups in total. The molecule has 2 aromatic rings. The van der Waals surface area contributed by atoms with Crippen molar-refractivity contribution in [2.75, 3.05) is 18.9 Å². The van der Waals surface area contributed by atoms with Gasteiger partial charge in [0, 0.05) is 22.7 Å². The highest BCUT2D eigenvalue weighted by atomic mass is 19.1. The summed E-state index contributed by atoms with van der Waals surface area (Å²) in [6.45, 7) is 1.05. The van der Waals surface area contributed by atoms with Crippen LogP contribution in [0.25, 0.3) is 0 Å². The maximum Gasteiger partial charge on any atom is 0.165 e. The fourth-order valence-corrected chi connectivity index (χ4v) is 6.90. The van der Waals surface area contributed by atoms with Crippen molar-refractivity contribution < 1.29 is 14.2 Å². The summed E-state index contributed by atoms with van der Waals surface area (Å²) in [6, 6.07) is 11.3. The van der Waals surface area contributed by atoms with Crippen LogP contribution in [0.4, 0.5) is 10.1 Å². The summed E-state index contributed by atoms with van der Waals surface area (Å²) >= 11 is 0. The van der Waals surface area contributed by atoms with Crippen molar-refractivity contribution in [3.8, 4) is 11.5 Å². The van der Waals surface area contributed by atoms with Crippen molar-refractivity contribution in [2.45, 2.75) is 62.1 Å². The molecule has 2 fully saturated rings. The number of aromatic hydroxyl groups is 1. The number of fused-ring (bicyclic) bond motifs is 3. The molecule has 0 amide bonds. The van der Waals surface area contributed by atoms with Crippen molar-refractivity contribution >= 4 is 5.69 Å². The van der Waals surface area contributed by atoms with Gasteiger partial charge in [0.1, 0.15) is 11.9 Å². The van der Waals surface area contributed by atoms with Gasteiger partial charge in [-0.1, -0.05) is 6.07 Å². The van der Waals surface area contributed by atoms with Gasteiger partial charge in [0.05, 0.1) is 6.04 Å². The summed E-state index contributed by atoms with van der Waals surface area (Å²) in [6.07, 6.45) is 6.68. The van der Waals surface area contributed by atoms with E-state index in [9.17, 15) is 9.50 Å². The summed E-state index contributed by atoms with van der Waals surface area (Å²) in [5, 5.41) is 14.4. The van der Waals surface area contributed by atoms with E-state index in [4.69, 9.17) is 4.74 Å². The first kappa shape index (κ1) is 18.5. The molecule has 3 aliphatic heterocycles. The minimum atomic E-state index is -0.223. The summed E-state index contributed by atoms with van der Waals surface area (Å²) in [4.78, 5) is 2.53. The number of ether oxygens (including phenoxy) is 1. The van der Waals surface area contributed by atoms with Crippen LogP contribution >= 0.6 is 0 Å². The average molecular weight is 409 g/mol. The third-order valence-corrected chi connectivity index (χ3v) is 8.36. The Morgan fingerprint density at radius 3 is 2.73 bits per heavy atom. The molecule has 4 nitrogen and oxygen atoms in total. The van der Waals surface area contributed by atoms with Gasteiger partial charge in [-0.3, -0.25) is 0 Å². The van der Waals surface area contributed by atoms with Gasteiger partial charge >= 0.3 is 0 Å². The number of halogens is 1. The molecule has 1 saturated heterocycles. The van der Waals surface area contributed by atoms with Crippen molar-refractivity contribution in [3.63, 3.8) is 0 Å². The molecule has 1 spiro atoms. The SMILES string of the molecule is CN1CC[C@]23c4c5ccc(O)c4O[C@H]2[C@H](Nc2ccc(F)cc2)CC[C@@H]3CC[C@H]1C5. The summed E-state index contributed by atoms with van der Waals surface area (Å²) in [5.74, 6) is 1.35. The lowest BCUT2D eigenvalue weighted by Crippen LogP contribution is -2.60. The van der Waals surface area contributed by atoms with Gasteiger partial charge in [-0.2, -0.15) is 0 Å². The van der Waals surface area contributed by atoms with Gasteiger partial charge in [-0.15, -0.1) is 0 Å². The lowest BCUT2D eigenvalue weighted by atomic mass is 9.55. The van der Waals surface area contributed by atoms with Crippen molar-refractivity contribution in [1.82, 2.24) is 4.90 Å². The Bertz CT molecular complexity index is 978. The third kappa shape index (κ3) is 2.54. The maximum atomic E-state index is 13.4. The quantitative estimate of drug-likeness (QED) is 0.770. The van der Waals surface area contributed by atoms with E-state index in [1.807, 2.05) is 6.07 Å². The van der Waals surface area contributed by atoms with Gasteiger partial charge in [-0.05, 0) is 93.9 Å². The van der Waals surface area contributed by atoms with Gasteiger partial charge < -0.3 is 20.1 Å². The van der Waals surface area contributed by atoms with E-state index < -0.39 is 0 Å². The van der Waals surface area contributed by atoms with Gasteiger partial charge in [0.2, 0.25) is 0 Å². The van der Waals surface area contributed by atoms with Crippen LogP contribution in [0, 0.1) is 11.7 Å². The van der Waals surface area contributed by atoms with E-state index in [2.05, 4.69) is 23.3 Å². The van der Waals surface area contributed by atoms with Crippen molar-refractivity contribution in [2.24, 2.45) is 5.92 Å². The molecule has 30 heavy (non-hydrogen) atoms. The number of phenols is 1. The number of nitrogens with one attached hydrogen (secondary N) is 1. The molecule has 5 heteroatoms.